The molecule has 3 rings (SSSR count). The number of rotatable bonds is 4. The minimum Gasteiger partial charge on any atom is -0.389 e. The van der Waals surface area contributed by atoms with Gasteiger partial charge in [0, 0.05) is 13.0 Å². The number of β-amino-alcohol motifs (C(OH)–C–C–N with tert-alkyl or cyclic N) is 1. The number of aliphatic hydroxyl groups is 1. The van der Waals surface area contributed by atoms with E-state index in [0.29, 0.717) is 31.2 Å². The van der Waals surface area contributed by atoms with Crippen molar-refractivity contribution in [3.05, 3.63) is 47.6 Å². The molecule has 0 amide bonds. The third kappa shape index (κ3) is 3.89. The first-order valence-corrected chi connectivity index (χ1v) is 7.41. The quantitative estimate of drug-likeness (QED) is 0.932. The fraction of sp³-hybridized carbons (Fsp3) is 0.500. The minimum atomic E-state index is -0.606. The van der Waals surface area contributed by atoms with Crippen LogP contribution in [0.25, 0.3) is 0 Å². The Morgan fingerprint density at radius 3 is 2.90 bits per heavy atom. The Bertz CT molecular complexity index is 580. The number of benzene rings is 1. The fourth-order valence-corrected chi connectivity index (χ4v) is 2.85. The SMILES string of the molecule is CC1(O)CCCN(Cc2nc(Cc3ccccc3)no2)C1. The molecule has 1 aliphatic heterocycles. The highest BCUT2D eigenvalue weighted by Gasteiger charge is 2.29. The summed E-state index contributed by atoms with van der Waals surface area (Å²) in [5, 5.41) is 14.2. The van der Waals surface area contributed by atoms with Crippen molar-refractivity contribution in [3.8, 4) is 0 Å². The lowest BCUT2D eigenvalue weighted by Gasteiger charge is -2.35. The standard InChI is InChI=1S/C16H21N3O2/c1-16(20)8-5-9-19(12-16)11-15-17-14(18-21-15)10-13-6-3-2-4-7-13/h2-4,6-7,20H,5,8-12H2,1H3. The molecular weight excluding hydrogens is 266 g/mol. The molecule has 1 saturated heterocycles. The average molecular weight is 287 g/mol. The molecule has 0 spiro atoms. The molecule has 0 radical (unpaired) electrons. The van der Waals surface area contributed by atoms with Crippen molar-refractivity contribution in [2.45, 2.75) is 38.3 Å². The summed E-state index contributed by atoms with van der Waals surface area (Å²) in [5.41, 5.74) is 0.566. The van der Waals surface area contributed by atoms with Gasteiger partial charge in [0.15, 0.2) is 5.82 Å². The molecule has 1 aromatic carbocycles. The Morgan fingerprint density at radius 1 is 1.33 bits per heavy atom. The molecule has 21 heavy (non-hydrogen) atoms. The largest absolute Gasteiger partial charge is 0.389 e. The van der Waals surface area contributed by atoms with E-state index in [1.807, 2.05) is 25.1 Å². The molecule has 5 nitrogen and oxygen atoms in total. The Balaban J connectivity index is 1.60. The van der Waals surface area contributed by atoms with E-state index in [0.717, 1.165) is 19.4 Å². The molecule has 1 aromatic heterocycles. The smallest absolute Gasteiger partial charge is 0.240 e. The zero-order chi connectivity index (χ0) is 14.7. The van der Waals surface area contributed by atoms with Crippen molar-refractivity contribution in [1.82, 2.24) is 15.0 Å². The van der Waals surface area contributed by atoms with Gasteiger partial charge in [-0.2, -0.15) is 4.98 Å². The number of hydrogen-bond acceptors (Lipinski definition) is 5. The predicted octanol–water partition coefficient (Wildman–Crippen LogP) is 2.01. The molecule has 0 aliphatic carbocycles. The number of likely N-dealkylation sites (tertiary alicyclic amines) is 1. The van der Waals surface area contributed by atoms with Crippen LogP contribution in [0.1, 0.15) is 37.0 Å². The highest BCUT2D eigenvalue weighted by Crippen LogP contribution is 2.21. The monoisotopic (exact) mass is 287 g/mol. The zero-order valence-electron chi connectivity index (χ0n) is 12.3. The van der Waals surface area contributed by atoms with Gasteiger partial charge in [0.05, 0.1) is 12.1 Å². The topological polar surface area (TPSA) is 62.4 Å². The maximum absolute atomic E-state index is 10.1. The van der Waals surface area contributed by atoms with Gasteiger partial charge in [-0.3, -0.25) is 4.90 Å². The molecular formula is C16H21N3O2. The Kier molecular flexibility index (Phi) is 4.03. The zero-order valence-corrected chi connectivity index (χ0v) is 12.3. The summed E-state index contributed by atoms with van der Waals surface area (Å²) in [5.74, 6) is 1.33. The third-order valence-electron chi connectivity index (χ3n) is 3.83. The van der Waals surface area contributed by atoms with Gasteiger partial charge in [-0.05, 0) is 31.9 Å². The van der Waals surface area contributed by atoms with Crippen molar-refractivity contribution < 1.29 is 9.63 Å². The van der Waals surface area contributed by atoms with Crippen LogP contribution < -0.4 is 0 Å². The summed E-state index contributed by atoms with van der Waals surface area (Å²) in [6.07, 6.45) is 2.53. The number of piperidine rings is 1. The summed E-state index contributed by atoms with van der Waals surface area (Å²) in [6, 6.07) is 10.1. The first kappa shape index (κ1) is 14.2. The first-order chi connectivity index (χ1) is 10.1. The lowest BCUT2D eigenvalue weighted by molar-refractivity contribution is -0.0207. The van der Waals surface area contributed by atoms with Crippen molar-refractivity contribution in [2.75, 3.05) is 13.1 Å². The van der Waals surface area contributed by atoms with Crippen molar-refractivity contribution in [3.63, 3.8) is 0 Å². The molecule has 0 bridgehead atoms. The minimum absolute atomic E-state index is 0.606. The van der Waals surface area contributed by atoms with E-state index in [1.165, 1.54) is 5.56 Å². The van der Waals surface area contributed by atoms with Crippen LogP contribution in [0.2, 0.25) is 0 Å². The third-order valence-corrected chi connectivity index (χ3v) is 3.83. The van der Waals surface area contributed by atoms with E-state index in [1.54, 1.807) is 0 Å². The molecule has 2 heterocycles. The van der Waals surface area contributed by atoms with Gasteiger partial charge >= 0.3 is 0 Å². The second-order valence-corrected chi connectivity index (χ2v) is 6.08. The highest BCUT2D eigenvalue weighted by molar-refractivity contribution is 5.18. The van der Waals surface area contributed by atoms with Crippen LogP contribution in [0, 0.1) is 0 Å². The Morgan fingerprint density at radius 2 is 2.14 bits per heavy atom. The van der Waals surface area contributed by atoms with E-state index < -0.39 is 5.60 Å². The second-order valence-electron chi connectivity index (χ2n) is 6.08. The molecule has 1 atom stereocenters. The maximum Gasteiger partial charge on any atom is 0.240 e. The molecule has 0 saturated carbocycles. The van der Waals surface area contributed by atoms with Gasteiger partial charge in [0.2, 0.25) is 5.89 Å². The molecule has 2 aromatic rings. The van der Waals surface area contributed by atoms with Gasteiger partial charge in [-0.1, -0.05) is 35.5 Å². The average Bonchev–Trinajstić information content (AvgIpc) is 2.86. The van der Waals surface area contributed by atoms with Crippen LogP contribution in [-0.4, -0.2) is 38.8 Å². The van der Waals surface area contributed by atoms with Gasteiger partial charge in [0.1, 0.15) is 0 Å². The first-order valence-electron chi connectivity index (χ1n) is 7.41. The molecule has 1 aliphatic rings. The van der Waals surface area contributed by atoms with E-state index in [2.05, 4.69) is 27.2 Å². The molecule has 112 valence electrons. The van der Waals surface area contributed by atoms with Crippen LogP contribution >= 0.6 is 0 Å². The van der Waals surface area contributed by atoms with E-state index >= 15 is 0 Å². The summed E-state index contributed by atoms with van der Waals surface area (Å²) >= 11 is 0. The van der Waals surface area contributed by atoms with E-state index in [9.17, 15) is 5.11 Å². The van der Waals surface area contributed by atoms with Crippen LogP contribution in [0.4, 0.5) is 0 Å². The van der Waals surface area contributed by atoms with Crippen molar-refractivity contribution >= 4 is 0 Å². The van der Waals surface area contributed by atoms with Gasteiger partial charge in [-0.25, -0.2) is 0 Å². The number of hydrogen-bond donors (Lipinski definition) is 1. The van der Waals surface area contributed by atoms with E-state index in [4.69, 9.17) is 4.52 Å². The van der Waals surface area contributed by atoms with Crippen LogP contribution in [-0.2, 0) is 13.0 Å². The lowest BCUT2D eigenvalue weighted by atomic mass is 9.95. The van der Waals surface area contributed by atoms with Crippen molar-refractivity contribution in [1.29, 1.82) is 0 Å². The Hall–Kier alpha value is -1.72. The van der Waals surface area contributed by atoms with Gasteiger partial charge < -0.3 is 9.63 Å². The summed E-state index contributed by atoms with van der Waals surface area (Å²) in [7, 11) is 0. The summed E-state index contributed by atoms with van der Waals surface area (Å²) in [4.78, 5) is 6.62. The highest BCUT2D eigenvalue weighted by atomic mass is 16.5. The van der Waals surface area contributed by atoms with Gasteiger partial charge in [-0.15, -0.1) is 0 Å². The lowest BCUT2D eigenvalue weighted by Crippen LogP contribution is -2.45. The molecule has 5 heteroatoms. The van der Waals surface area contributed by atoms with Crippen molar-refractivity contribution in [2.24, 2.45) is 0 Å². The second kappa shape index (κ2) is 5.95. The van der Waals surface area contributed by atoms with Gasteiger partial charge in [0.25, 0.3) is 0 Å². The normalized spacial score (nSPS) is 23.3. The van der Waals surface area contributed by atoms with E-state index in [-0.39, 0.29) is 0 Å². The number of nitrogens with zero attached hydrogens (tertiary/aromatic N) is 3. The summed E-state index contributed by atoms with van der Waals surface area (Å²) in [6.45, 7) is 4.11. The Labute approximate surface area is 124 Å². The maximum atomic E-state index is 10.1. The summed E-state index contributed by atoms with van der Waals surface area (Å²) < 4.78 is 5.32. The fourth-order valence-electron chi connectivity index (χ4n) is 2.85. The molecule has 1 fully saturated rings. The molecule has 1 N–H and O–H groups in total. The van der Waals surface area contributed by atoms with Crippen LogP contribution in [0.3, 0.4) is 0 Å². The van der Waals surface area contributed by atoms with Crippen LogP contribution in [0.5, 0.6) is 0 Å². The van der Waals surface area contributed by atoms with Crippen LogP contribution in [0.15, 0.2) is 34.9 Å². The predicted molar refractivity (Wildman–Crippen MR) is 78.7 cm³/mol. The number of aromatic nitrogens is 2. The molecule has 1 unspecified atom stereocenters.